The Morgan fingerprint density at radius 3 is 2.04 bits per heavy atom. The average molecular weight is 325 g/mol. The van der Waals surface area contributed by atoms with Gasteiger partial charge >= 0.3 is 0 Å². The number of nitrogens with one attached hydrogen (secondary N) is 1. The molecule has 0 aliphatic carbocycles. The molecule has 0 aliphatic rings. The van der Waals surface area contributed by atoms with Crippen LogP contribution in [-0.4, -0.2) is 13.5 Å². The van der Waals surface area contributed by atoms with Crippen LogP contribution in [0.4, 0.5) is 5.69 Å². The third-order valence-electron chi connectivity index (χ3n) is 3.40. The van der Waals surface area contributed by atoms with Crippen LogP contribution in [0.5, 0.6) is 5.75 Å². The van der Waals surface area contributed by atoms with Crippen LogP contribution in [-0.2, 0) is 10.0 Å². The maximum Gasteiger partial charge on any atom is 0.261 e. The fourth-order valence-electron chi connectivity index (χ4n) is 2.27. The van der Waals surface area contributed by atoms with E-state index in [1.165, 1.54) is 0 Å². The molecular weight excluding hydrogens is 310 g/mol. The minimum absolute atomic E-state index is 0.163. The summed E-state index contributed by atoms with van der Waals surface area (Å²) in [6.45, 7) is 0. The fourth-order valence-corrected chi connectivity index (χ4v) is 3.37. The van der Waals surface area contributed by atoms with Crippen LogP contribution in [0, 0.1) is 0 Å². The van der Waals surface area contributed by atoms with Crippen LogP contribution in [0.3, 0.4) is 0 Å². The fraction of sp³-hybridized carbons (Fsp3) is 0. The van der Waals surface area contributed by atoms with Crippen LogP contribution in [0.1, 0.15) is 0 Å². The van der Waals surface area contributed by atoms with Crippen LogP contribution < -0.4 is 4.72 Å². The molecule has 0 heterocycles. The lowest BCUT2D eigenvalue weighted by Crippen LogP contribution is -2.13. The predicted octanol–water partition coefficient (Wildman–Crippen LogP) is 3.86. The highest BCUT2D eigenvalue weighted by atomic mass is 32.2. The second kappa shape index (κ2) is 6.14. The molecule has 3 aromatic carbocycles. The number of phenolic OH excluding ortho intramolecular Hbond substituents is 1. The topological polar surface area (TPSA) is 66.4 Å². The second-order valence-corrected chi connectivity index (χ2v) is 6.69. The van der Waals surface area contributed by atoms with Crippen molar-refractivity contribution in [3.05, 3.63) is 78.9 Å². The second-order valence-electron chi connectivity index (χ2n) is 5.01. The van der Waals surface area contributed by atoms with Gasteiger partial charge in [-0.3, -0.25) is 4.72 Å². The molecule has 0 unspecified atom stereocenters. The quantitative estimate of drug-likeness (QED) is 0.765. The molecule has 3 rings (SSSR count). The summed E-state index contributed by atoms with van der Waals surface area (Å²) in [5, 5.41) is 9.40. The van der Waals surface area contributed by atoms with E-state index in [1.807, 2.05) is 12.1 Å². The van der Waals surface area contributed by atoms with E-state index in [0.717, 1.165) is 11.1 Å². The van der Waals surface area contributed by atoms with E-state index in [-0.39, 0.29) is 10.6 Å². The molecule has 3 aromatic rings. The number of rotatable bonds is 4. The molecular formula is C18H15NO3S. The van der Waals surface area contributed by atoms with E-state index in [1.54, 1.807) is 66.7 Å². The first kappa shape index (κ1) is 15.1. The van der Waals surface area contributed by atoms with Gasteiger partial charge in [-0.25, -0.2) is 8.42 Å². The van der Waals surface area contributed by atoms with Crippen molar-refractivity contribution in [3.63, 3.8) is 0 Å². The minimum atomic E-state index is -3.65. The lowest BCUT2D eigenvalue weighted by atomic mass is 10.0. The third-order valence-corrected chi connectivity index (χ3v) is 4.78. The van der Waals surface area contributed by atoms with Gasteiger partial charge in [-0.1, -0.05) is 48.5 Å². The van der Waals surface area contributed by atoms with Gasteiger partial charge in [0, 0.05) is 5.56 Å². The Morgan fingerprint density at radius 2 is 1.35 bits per heavy atom. The Bertz CT molecular complexity index is 905. The van der Waals surface area contributed by atoms with Gasteiger partial charge in [-0.2, -0.15) is 0 Å². The smallest absolute Gasteiger partial charge is 0.261 e. The normalized spacial score (nSPS) is 11.1. The summed E-state index contributed by atoms with van der Waals surface area (Å²) in [4.78, 5) is 0.209. The first-order valence-corrected chi connectivity index (χ1v) is 8.51. The molecule has 2 N–H and O–H groups in total. The average Bonchev–Trinajstić information content (AvgIpc) is 2.57. The van der Waals surface area contributed by atoms with Gasteiger partial charge in [0.1, 0.15) is 5.75 Å². The molecule has 0 aliphatic heterocycles. The summed E-state index contributed by atoms with van der Waals surface area (Å²) in [6.07, 6.45) is 0. The molecule has 0 spiro atoms. The van der Waals surface area contributed by atoms with E-state index in [9.17, 15) is 13.5 Å². The number of hydrogen-bond donors (Lipinski definition) is 2. The summed E-state index contributed by atoms with van der Waals surface area (Å²) in [7, 11) is -3.65. The van der Waals surface area contributed by atoms with Crippen molar-refractivity contribution in [1.29, 1.82) is 0 Å². The number of para-hydroxylation sites is 1. The zero-order valence-electron chi connectivity index (χ0n) is 12.2. The van der Waals surface area contributed by atoms with Gasteiger partial charge in [0.25, 0.3) is 10.0 Å². The molecule has 0 atom stereocenters. The van der Waals surface area contributed by atoms with E-state index in [0.29, 0.717) is 5.69 Å². The molecule has 23 heavy (non-hydrogen) atoms. The molecule has 0 aromatic heterocycles. The SMILES string of the molecule is O=S(=O)(Nc1ccccc1-c1ccc(O)cc1)c1ccccc1. The molecule has 116 valence electrons. The summed E-state index contributed by atoms with van der Waals surface area (Å²) < 4.78 is 27.6. The lowest BCUT2D eigenvalue weighted by molar-refractivity contribution is 0.475. The molecule has 0 amide bonds. The summed E-state index contributed by atoms with van der Waals surface area (Å²) in [5.74, 6) is 0.163. The van der Waals surface area contributed by atoms with Crippen LogP contribution in [0.25, 0.3) is 11.1 Å². The maximum absolute atomic E-state index is 12.5. The maximum atomic E-state index is 12.5. The Morgan fingerprint density at radius 1 is 0.739 bits per heavy atom. The molecule has 0 saturated carbocycles. The highest BCUT2D eigenvalue weighted by Crippen LogP contribution is 2.30. The third kappa shape index (κ3) is 3.35. The first-order chi connectivity index (χ1) is 11.1. The van der Waals surface area contributed by atoms with Crippen LogP contribution >= 0.6 is 0 Å². The van der Waals surface area contributed by atoms with Gasteiger partial charge < -0.3 is 5.11 Å². The monoisotopic (exact) mass is 325 g/mol. The Balaban J connectivity index is 2.00. The minimum Gasteiger partial charge on any atom is -0.508 e. The number of benzene rings is 3. The van der Waals surface area contributed by atoms with Gasteiger partial charge in [0.15, 0.2) is 0 Å². The van der Waals surface area contributed by atoms with Crippen molar-refractivity contribution < 1.29 is 13.5 Å². The summed E-state index contributed by atoms with van der Waals surface area (Å²) in [6, 6.07) is 22.0. The molecule has 0 bridgehead atoms. The molecule has 0 fully saturated rings. The number of hydrogen-bond acceptors (Lipinski definition) is 3. The summed E-state index contributed by atoms with van der Waals surface area (Å²) in [5.41, 5.74) is 2.04. The van der Waals surface area contributed by atoms with Crippen LogP contribution in [0.2, 0.25) is 0 Å². The van der Waals surface area contributed by atoms with E-state index in [4.69, 9.17) is 0 Å². The Labute approximate surface area is 135 Å². The van der Waals surface area contributed by atoms with Crippen molar-refractivity contribution >= 4 is 15.7 Å². The van der Waals surface area contributed by atoms with E-state index >= 15 is 0 Å². The Hall–Kier alpha value is -2.79. The van der Waals surface area contributed by atoms with E-state index in [2.05, 4.69) is 4.72 Å². The highest BCUT2D eigenvalue weighted by molar-refractivity contribution is 7.92. The number of sulfonamides is 1. The molecule has 0 radical (unpaired) electrons. The zero-order chi connectivity index (χ0) is 16.3. The van der Waals surface area contributed by atoms with Crippen molar-refractivity contribution in [2.24, 2.45) is 0 Å². The van der Waals surface area contributed by atoms with E-state index < -0.39 is 10.0 Å². The van der Waals surface area contributed by atoms with Crippen molar-refractivity contribution in [3.8, 4) is 16.9 Å². The molecule has 0 saturated heterocycles. The van der Waals surface area contributed by atoms with Crippen molar-refractivity contribution in [2.75, 3.05) is 4.72 Å². The number of phenols is 1. The highest BCUT2D eigenvalue weighted by Gasteiger charge is 2.15. The first-order valence-electron chi connectivity index (χ1n) is 7.02. The van der Waals surface area contributed by atoms with Gasteiger partial charge in [0.05, 0.1) is 10.6 Å². The zero-order valence-corrected chi connectivity index (χ0v) is 13.0. The lowest BCUT2D eigenvalue weighted by Gasteiger charge is -2.13. The van der Waals surface area contributed by atoms with Gasteiger partial charge in [-0.15, -0.1) is 0 Å². The predicted molar refractivity (Wildman–Crippen MR) is 90.8 cm³/mol. The number of anilines is 1. The van der Waals surface area contributed by atoms with Gasteiger partial charge in [0.2, 0.25) is 0 Å². The standard InChI is InChI=1S/C18H15NO3S/c20-15-12-10-14(11-13-15)17-8-4-5-9-18(17)19-23(21,22)16-6-2-1-3-7-16/h1-13,19-20H. The number of aromatic hydroxyl groups is 1. The Kier molecular flexibility index (Phi) is 4.04. The van der Waals surface area contributed by atoms with Gasteiger partial charge in [-0.05, 0) is 35.9 Å². The van der Waals surface area contributed by atoms with Crippen LogP contribution in [0.15, 0.2) is 83.8 Å². The van der Waals surface area contributed by atoms with Crippen molar-refractivity contribution in [1.82, 2.24) is 0 Å². The van der Waals surface area contributed by atoms with Crippen molar-refractivity contribution in [2.45, 2.75) is 4.90 Å². The largest absolute Gasteiger partial charge is 0.508 e. The molecule has 4 nitrogen and oxygen atoms in total. The summed E-state index contributed by atoms with van der Waals surface area (Å²) >= 11 is 0. The molecule has 5 heteroatoms.